The molecule has 1 N–H and O–H groups in total. The number of rotatable bonds is 5. The van der Waals surface area contributed by atoms with Gasteiger partial charge in [-0.2, -0.15) is 0 Å². The molecule has 4 rings (SSSR count). The number of nitrogens with zero attached hydrogens (tertiary/aromatic N) is 2. The van der Waals surface area contributed by atoms with Crippen molar-refractivity contribution < 1.29 is 9.50 Å². The maximum absolute atomic E-state index is 13.2. The van der Waals surface area contributed by atoms with Crippen LogP contribution in [0.25, 0.3) is 0 Å². The van der Waals surface area contributed by atoms with Crippen LogP contribution in [0, 0.1) is 11.7 Å². The average Bonchev–Trinajstić information content (AvgIpc) is 2.72. The minimum absolute atomic E-state index is 0.224. The van der Waals surface area contributed by atoms with Gasteiger partial charge in [0.2, 0.25) is 0 Å². The van der Waals surface area contributed by atoms with Gasteiger partial charge in [0.1, 0.15) is 5.82 Å². The quantitative estimate of drug-likeness (QED) is 0.760. The lowest BCUT2D eigenvalue weighted by Crippen LogP contribution is -2.52. The number of hydrogen-bond acceptors (Lipinski definition) is 3. The summed E-state index contributed by atoms with van der Waals surface area (Å²) in [6, 6.07) is 14.7. The van der Waals surface area contributed by atoms with Gasteiger partial charge in [0.05, 0.1) is 5.60 Å². The van der Waals surface area contributed by atoms with Gasteiger partial charge in [-0.15, -0.1) is 0 Å². The van der Waals surface area contributed by atoms with Crippen LogP contribution >= 0.6 is 11.6 Å². The van der Waals surface area contributed by atoms with Crippen LogP contribution in [0.15, 0.2) is 48.5 Å². The molecule has 1 aliphatic heterocycles. The Morgan fingerprint density at radius 3 is 2.52 bits per heavy atom. The zero-order valence-electron chi connectivity index (χ0n) is 16.9. The second-order valence-corrected chi connectivity index (χ2v) is 9.05. The summed E-state index contributed by atoms with van der Waals surface area (Å²) in [7, 11) is 0. The normalized spacial score (nSPS) is 25.9. The van der Waals surface area contributed by atoms with Gasteiger partial charge in [-0.3, -0.25) is 4.90 Å². The number of benzene rings is 2. The molecule has 3 nitrogen and oxygen atoms in total. The Balaban J connectivity index is 1.36. The van der Waals surface area contributed by atoms with E-state index in [2.05, 4.69) is 15.9 Å². The molecule has 2 fully saturated rings. The highest BCUT2D eigenvalue weighted by Crippen LogP contribution is 2.37. The average molecular weight is 417 g/mol. The van der Waals surface area contributed by atoms with E-state index in [1.807, 2.05) is 30.3 Å². The number of hydrogen-bond donors (Lipinski definition) is 1. The molecular weight excluding hydrogens is 387 g/mol. The molecule has 2 aliphatic rings. The van der Waals surface area contributed by atoms with Crippen molar-refractivity contribution >= 4 is 17.3 Å². The van der Waals surface area contributed by atoms with Gasteiger partial charge in [0.15, 0.2) is 0 Å². The second kappa shape index (κ2) is 9.03. The van der Waals surface area contributed by atoms with Crippen molar-refractivity contribution in [3.05, 3.63) is 64.9 Å². The number of anilines is 1. The number of piperazine rings is 1. The monoisotopic (exact) mass is 416 g/mol. The topological polar surface area (TPSA) is 26.7 Å². The van der Waals surface area contributed by atoms with Crippen molar-refractivity contribution in [1.29, 1.82) is 0 Å². The van der Waals surface area contributed by atoms with Crippen molar-refractivity contribution in [2.24, 2.45) is 5.92 Å². The predicted molar refractivity (Wildman–Crippen MR) is 117 cm³/mol. The summed E-state index contributed by atoms with van der Waals surface area (Å²) < 4.78 is 13.2. The molecule has 1 saturated heterocycles. The number of aliphatic hydroxyl groups is 1. The van der Waals surface area contributed by atoms with Crippen LogP contribution in [-0.2, 0) is 6.42 Å². The fourth-order valence-electron chi connectivity index (χ4n) is 4.92. The van der Waals surface area contributed by atoms with E-state index in [9.17, 15) is 9.50 Å². The van der Waals surface area contributed by atoms with Gasteiger partial charge >= 0.3 is 0 Å². The fraction of sp³-hybridized carbons (Fsp3) is 0.500. The highest BCUT2D eigenvalue weighted by molar-refractivity contribution is 6.30. The first kappa shape index (κ1) is 20.6. The third-order valence-electron chi connectivity index (χ3n) is 6.62. The molecule has 0 radical (unpaired) electrons. The molecule has 1 aliphatic carbocycles. The Morgan fingerprint density at radius 1 is 1.03 bits per heavy atom. The fourth-order valence-corrected chi connectivity index (χ4v) is 5.10. The zero-order chi connectivity index (χ0) is 20.3. The van der Waals surface area contributed by atoms with E-state index in [1.165, 1.54) is 24.2 Å². The Bertz CT molecular complexity index is 807. The third-order valence-corrected chi connectivity index (χ3v) is 6.86. The van der Waals surface area contributed by atoms with E-state index < -0.39 is 5.60 Å². The molecule has 0 aromatic heterocycles. The predicted octanol–water partition coefficient (Wildman–Crippen LogP) is 4.77. The summed E-state index contributed by atoms with van der Waals surface area (Å²) in [6.45, 7) is 4.87. The van der Waals surface area contributed by atoms with Crippen molar-refractivity contribution in [1.82, 2.24) is 4.90 Å². The molecule has 2 aromatic rings. The molecule has 2 atom stereocenters. The molecule has 0 bridgehead atoms. The van der Waals surface area contributed by atoms with E-state index in [0.717, 1.165) is 62.6 Å². The van der Waals surface area contributed by atoms with Crippen LogP contribution < -0.4 is 4.90 Å². The maximum atomic E-state index is 13.2. The van der Waals surface area contributed by atoms with Crippen LogP contribution in [0.5, 0.6) is 0 Å². The molecule has 0 amide bonds. The van der Waals surface area contributed by atoms with Crippen molar-refractivity contribution in [2.45, 2.75) is 37.7 Å². The highest BCUT2D eigenvalue weighted by Gasteiger charge is 2.40. The molecule has 0 spiro atoms. The SMILES string of the molecule is OC1(Cc2ccc(F)cc2)CCCCC1CN1CCN(c2cccc(Cl)c2)CC1. The third kappa shape index (κ3) is 5.11. The first-order chi connectivity index (χ1) is 14.0. The van der Waals surface area contributed by atoms with E-state index in [4.69, 9.17) is 11.6 Å². The van der Waals surface area contributed by atoms with Gasteiger partial charge in [-0.1, -0.05) is 42.6 Å². The van der Waals surface area contributed by atoms with Crippen LogP contribution in [-0.4, -0.2) is 48.3 Å². The Labute approximate surface area is 178 Å². The second-order valence-electron chi connectivity index (χ2n) is 8.62. The summed E-state index contributed by atoms with van der Waals surface area (Å²) in [5, 5.41) is 12.3. The van der Waals surface area contributed by atoms with E-state index >= 15 is 0 Å². The Morgan fingerprint density at radius 2 is 1.79 bits per heavy atom. The summed E-state index contributed by atoms with van der Waals surface area (Å²) in [5.74, 6) is 0.0394. The van der Waals surface area contributed by atoms with Crippen LogP contribution in [0.3, 0.4) is 0 Å². The zero-order valence-corrected chi connectivity index (χ0v) is 17.6. The number of halogens is 2. The minimum atomic E-state index is -0.694. The van der Waals surface area contributed by atoms with Crippen LogP contribution in [0.1, 0.15) is 31.2 Å². The first-order valence-corrected chi connectivity index (χ1v) is 11.1. The van der Waals surface area contributed by atoms with Crippen LogP contribution in [0.2, 0.25) is 5.02 Å². The molecular formula is C24H30ClFN2O. The Hall–Kier alpha value is -1.62. The standard InChI is InChI=1S/C24H30ClFN2O/c25-21-5-3-6-23(16-21)28-14-12-27(13-15-28)18-20-4-1-2-11-24(20,29)17-19-7-9-22(26)10-8-19/h3,5-10,16,20,29H,1-2,4,11-15,17-18H2. The summed E-state index contributed by atoms with van der Waals surface area (Å²) in [4.78, 5) is 4.88. The van der Waals surface area contributed by atoms with Gasteiger partial charge < -0.3 is 10.0 Å². The Kier molecular flexibility index (Phi) is 6.43. The molecule has 2 aromatic carbocycles. The van der Waals surface area contributed by atoms with Gasteiger partial charge in [0, 0.05) is 55.8 Å². The molecule has 29 heavy (non-hydrogen) atoms. The molecule has 1 heterocycles. The highest BCUT2D eigenvalue weighted by atomic mass is 35.5. The molecule has 1 saturated carbocycles. The summed E-state index contributed by atoms with van der Waals surface area (Å²) in [6.07, 6.45) is 4.75. The van der Waals surface area contributed by atoms with Crippen molar-refractivity contribution in [3.63, 3.8) is 0 Å². The smallest absolute Gasteiger partial charge is 0.123 e. The molecule has 156 valence electrons. The summed E-state index contributed by atoms with van der Waals surface area (Å²) in [5.41, 5.74) is 1.51. The molecule has 2 unspecified atom stereocenters. The largest absolute Gasteiger partial charge is 0.389 e. The van der Waals surface area contributed by atoms with Gasteiger partial charge in [0.25, 0.3) is 0 Å². The van der Waals surface area contributed by atoms with Crippen molar-refractivity contribution in [3.8, 4) is 0 Å². The summed E-state index contributed by atoms with van der Waals surface area (Å²) >= 11 is 6.14. The van der Waals surface area contributed by atoms with E-state index in [-0.39, 0.29) is 11.7 Å². The van der Waals surface area contributed by atoms with E-state index in [0.29, 0.717) is 6.42 Å². The molecule has 5 heteroatoms. The lowest BCUT2D eigenvalue weighted by atomic mass is 9.72. The minimum Gasteiger partial charge on any atom is -0.389 e. The van der Waals surface area contributed by atoms with E-state index in [1.54, 1.807) is 0 Å². The maximum Gasteiger partial charge on any atom is 0.123 e. The van der Waals surface area contributed by atoms with Gasteiger partial charge in [-0.05, 0) is 48.7 Å². The lowest BCUT2D eigenvalue weighted by Gasteiger charge is -2.44. The lowest BCUT2D eigenvalue weighted by molar-refractivity contribution is -0.0595. The van der Waals surface area contributed by atoms with Crippen molar-refractivity contribution in [2.75, 3.05) is 37.6 Å². The van der Waals surface area contributed by atoms with Crippen LogP contribution in [0.4, 0.5) is 10.1 Å². The first-order valence-electron chi connectivity index (χ1n) is 10.7. The van der Waals surface area contributed by atoms with Gasteiger partial charge in [-0.25, -0.2) is 4.39 Å².